The molecule has 0 spiro atoms. The molecule has 0 aliphatic carbocycles. The summed E-state index contributed by atoms with van der Waals surface area (Å²) in [5, 5.41) is 7.04. The highest BCUT2D eigenvalue weighted by Crippen LogP contribution is 2.37. The highest BCUT2D eigenvalue weighted by molar-refractivity contribution is 5.70. The van der Waals surface area contributed by atoms with Crippen LogP contribution in [-0.2, 0) is 6.18 Å². The van der Waals surface area contributed by atoms with E-state index in [1.807, 2.05) is 0 Å². The predicted molar refractivity (Wildman–Crippen MR) is 58.3 cm³/mol. The zero-order valence-electron chi connectivity index (χ0n) is 9.68. The molecule has 5 nitrogen and oxygen atoms in total. The number of alkyl halides is 3. The number of carbonyl (C=O) groups excluding carboxylic acids is 1. The van der Waals surface area contributed by atoms with E-state index in [1.165, 1.54) is 18.3 Å². The average molecular weight is 271 g/mol. The molecule has 0 saturated heterocycles. The van der Waals surface area contributed by atoms with Gasteiger partial charge in [-0.2, -0.15) is 13.2 Å². The Balaban J connectivity index is 2.51. The van der Waals surface area contributed by atoms with Crippen LogP contribution in [0.1, 0.15) is 16.1 Å². The molecule has 100 valence electrons. The standard InChI is InChI=1S/C11H8F3N3O2/c1-19-10-3-2-8(4-9(10)11(12,13)14)17-5-7(6-18)15-16-17/h2-6H,1H3. The largest absolute Gasteiger partial charge is 0.496 e. The maximum atomic E-state index is 12.8. The second-order valence-electron chi connectivity index (χ2n) is 3.59. The molecule has 2 aromatic rings. The van der Waals surface area contributed by atoms with Crippen molar-refractivity contribution in [2.45, 2.75) is 6.18 Å². The third kappa shape index (κ3) is 2.56. The first kappa shape index (κ1) is 13.1. The molecular formula is C11H8F3N3O2. The van der Waals surface area contributed by atoms with E-state index >= 15 is 0 Å². The Morgan fingerprint density at radius 3 is 2.63 bits per heavy atom. The van der Waals surface area contributed by atoms with E-state index in [-0.39, 0.29) is 17.1 Å². The normalized spacial score (nSPS) is 11.4. The van der Waals surface area contributed by atoms with Gasteiger partial charge in [0.15, 0.2) is 6.29 Å². The fraction of sp³-hybridized carbons (Fsp3) is 0.182. The third-order valence-electron chi connectivity index (χ3n) is 2.38. The number of hydrogen-bond donors (Lipinski definition) is 0. The second kappa shape index (κ2) is 4.71. The van der Waals surface area contributed by atoms with Crippen LogP contribution in [0.3, 0.4) is 0 Å². The van der Waals surface area contributed by atoms with E-state index in [9.17, 15) is 18.0 Å². The van der Waals surface area contributed by atoms with Gasteiger partial charge >= 0.3 is 6.18 Å². The van der Waals surface area contributed by atoms with Crippen LogP contribution in [0.15, 0.2) is 24.4 Å². The number of halogens is 3. The van der Waals surface area contributed by atoms with Gasteiger partial charge in [0.25, 0.3) is 0 Å². The van der Waals surface area contributed by atoms with Crippen LogP contribution in [0.5, 0.6) is 5.75 Å². The van der Waals surface area contributed by atoms with Gasteiger partial charge in [-0.15, -0.1) is 5.10 Å². The molecule has 0 atom stereocenters. The van der Waals surface area contributed by atoms with Crippen molar-refractivity contribution >= 4 is 6.29 Å². The van der Waals surface area contributed by atoms with Crippen molar-refractivity contribution in [3.8, 4) is 11.4 Å². The third-order valence-corrected chi connectivity index (χ3v) is 2.38. The van der Waals surface area contributed by atoms with E-state index in [1.54, 1.807) is 0 Å². The summed E-state index contributed by atoms with van der Waals surface area (Å²) in [5.41, 5.74) is -0.756. The lowest BCUT2D eigenvalue weighted by atomic mass is 10.1. The minimum absolute atomic E-state index is 0.0318. The summed E-state index contributed by atoms with van der Waals surface area (Å²) in [6.07, 6.45) is -2.86. The smallest absolute Gasteiger partial charge is 0.420 e. The summed E-state index contributed by atoms with van der Waals surface area (Å²) in [7, 11) is 1.16. The van der Waals surface area contributed by atoms with Crippen molar-refractivity contribution in [3.05, 3.63) is 35.7 Å². The molecule has 0 bridgehead atoms. The Bertz CT molecular complexity index is 607. The first-order chi connectivity index (χ1) is 8.95. The molecule has 0 fully saturated rings. The van der Waals surface area contributed by atoms with Crippen molar-refractivity contribution in [3.63, 3.8) is 0 Å². The van der Waals surface area contributed by atoms with Crippen molar-refractivity contribution < 1.29 is 22.7 Å². The Hall–Kier alpha value is -2.38. The molecule has 0 unspecified atom stereocenters. The van der Waals surface area contributed by atoms with Crippen molar-refractivity contribution in [2.24, 2.45) is 0 Å². The van der Waals surface area contributed by atoms with Gasteiger partial charge in [0, 0.05) is 0 Å². The van der Waals surface area contributed by atoms with Gasteiger partial charge in [-0.05, 0) is 18.2 Å². The monoisotopic (exact) mass is 271 g/mol. The van der Waals surface area contributed by atoms with Gasteiger partial charge in [0.2, 0.25) is 0 Å². The van der Waals surface area contributed by atoms with Crippen LogP contribution < -0.4 is 4.74 Å². The molecule has 1 heterocycles. The minimum Gasteiger partial charge on any atom is -0.496 e. The first-order valence-electron chi connectivity index (χ1n) is 5.09. The zero-order chi connectivity index (χ0) is 14.0. The fourth-order valence-corrected chi connectivity index (χ4v) is 1.52. The Labute approximate surface area is 105 Å². The van der Waals surface area contributed by atoms with Crippen LogP contribution in [-0.4, -0.2) is 28.4 Å². The zero-order valence-corrected chi connectivity index (χ0v) is 9.68. The van der Waals surface area contributed by atoms with Gasteiger partial charge in [-0.3, -0.25) is 4.79 Å². The van der Waals surface area contributed by atoms with E-state index in [4.69, 9.17) is 0 Å². The molecule has 0 N–H and O–H groups in total. The van der Waals surface area contributed by atoms with Crippen LogP contribution in [0, 0.1) is 0 Å². The molecule has 1 aromatic heterocycles. The van der Waals surface area contributed by atoms with Gasteiger partial charge < -0.3 is 4.74 Å². The van der Waals surface area contributed by atoms with Gasteiger partial charge in [0.05, 0.1) is 24.6 Å². The highest BCUT2D eigenvalue weighted by Gasteiger charge is 2.34. The lowest BCUT2D eigenvalue weighted by molar-refractivity contribution is -0.138. The van der Waals surface area contributed by atoms with E-state index in [0.29, 0.717) is 6.29 Å². The molecule has 0 saturated carbocycles. The molecule has 1 aromatic carbocycles. The number of benzene rings is 1. The Morgan fingerprint density at radius 2 is 2.11 bits per heavy atom. The highest BCUT2D eigenvalue weighted by atomic mass is 19.4. The topological polar surface area (TPSA) is 57.0 Å². The summed E-state index contributed by atoms with van der Waals surface area (Å²) in [4.78, 5) is 10.5. The first-order valence-corrected chi connectivity index (χ1v) is 5.09. The molecule has 19 heavy (non-hydrogen) atoms. The Kier molecular flexibility index (Phi) is 3.24. The summed E-state index contributed by atoms with van der Waals surface area (Å²) in [6, 6.07) is 3.44. The van der Waals surface area contributed by atoms with Crippen LogP contribution >= 0.6 is 0 Å². The van der Waals surface area contributed by atoms with Crippen LogP contribution in [0.25, 0.3) is 5.69 Å². The number of hydrogen-bond acceptors (Lipinski definition) is 4. The second-order valence-corrected chi connectivity index (χ2v) is 3.59. The lowest BCUT2D eigenvalue weighted by Gasteiger charge is -2.13. The lowest BCUT2D eigenvalue weighted by Crippen LogP contribution is -2.09. The van der Waals surface area contributed by atoms with E-state index in [2.05, 4.69) is 15.0 Å². The summed E-state index contributed by atoms with van der Waals surface area (Å²) >= 11 is 0. The Morgan fingerprint density at radius 1 is 1.37 bits per heavy atom. The number of aldehydes is 1. The number of rotatable bonds is 3. The minimum atomic E-state index is -4.55. The van der Waals surface area contributed by atoms with Crippen molar-refractivity contribution in [1.29, 1.82) is 0 Å². The fourth-order valence-electron chi connectivity index (χ4n) is 1.52. The molecule has 0 radical (unpaired) electrons. The van der Waals surface area contributed by atoms with E-state index < -0.39 is 11.7 Å². The van der Waals surface area contributed by atoms with Crippen LogP contribution in [0.2, 0.25) is 0 Å². The summed E-state index contributed by atoms with van der Waals surface area (Å²) < 4.78 is 44.2. The van der Waals surface area contributed by atoms with Gasteiger partial charge in [-0.25, -0.2) is 4.68 Å². The number of carbonyl (C=O) groups is 1. The van der Waals surface area contributed by atoms with E-state index in [0.717, 1.165) is 17.9 Å². The molecular weight excluding hydrogens is 263 g/mol. The average Bonchev–Trinajstić information content (AvgIpc) is 2.85. The van der Waals surface area contributed by atoms with Gasteiger partial charge in [0.1, 0.15) is 11.4 Å². The summed E-state index contributed by atoms with van der Waals surface area (Å²) in [5.74, 6) is -0.285. The number of ether oxygens (including phenoxy) is 1. The van der Waals surface area contributed by atoms with Crippen LogP contribution in [0.4, 0.5) is 13.2 Å². The quantitative estimate of drug-likeness (QED) is 0.802. The maximum Gasteiger partial charge on any atom is 0.420 e. The summed E-state index contributed by atoms with van der Waals surface area (Å²) in [6.45, 7) is 0. The van der Waals surface area contributed by atoms with Gasteiger partial charge in [-0.1, -0.05) is 5.21 Å². The molecule has 2 rings (SSSR count). The molecule has 0 aliphatic rings. The predicted octanol–water partition coefficient (Wildman–Crippen LogP) is 2.11. The molecule has 0 aliphatic heterocycles. The number of nitrogens with zero attached hydrogens (tertiary/aromatic N) is 3. The maximum absolute atomic E-state index is 12.8. The molecule has 0 amide bonds. The number of methoxy groups -OCH3 is 1. The molecule has 8 heteroatoms. The van der Waals surface area contributed by atoms with Crippen molar-refractivity contribution in [1.82, 2.24) is 15.0 Å². The van der Waals surface area contributed by atoms with Crippen molar-refractivity contribution in [2.75, 3.05) is 7.11 Å². The SMILES string of the molecule is COc1ccc(-n2cc(C=O)nn2)cc1C(F)(F)F. The number of aromatic nitrogens is 3.